The highest BCUT2D eigenvalue weighted by molar-refractivity contribution is 5.76. The smallest absolute Gasteiger partial charge is 0.274 e. The molecule has 0 aliphatic rings. The molecule has 2 aromatic rings. The molecule has 4 nitrogen and oxygen atoms in total. The largest absolute Gasteiger partial charge is 0.508 e. The van der Waals surface area contributed by atoms with Gasteiger partial charge in [0.2, 0.25) is 0 Å². The molecule has 16 heavy (non-hydrogen) atoms. The van der Waals surface area contributed by atoms with Crippen molar-refractivity contribution < 1.29 is 5.11 Å². The maximum atomic E-state index is 11.6. The molecule has 0 aliphatic heterocycles. The van der Waals surface area contributed by atoms with Crippen molar-refractivity contribution in [1.82, 2.24) is 4.57 Å². The molecule has 0 saturated carbocycles. The predicted octanol–water partition coefficient (Wildman–Crippen LogP) is 1.34. The molecule has 0 radical (unpaired) electrons. The van der Waals surface area contributed by atoms with E-state index in [1.165, 1.54) is 4.57 Å². The first-order chi connectivity index (χ1) is 7.59. The number of aromatic hydroxyl groups is 1. The zero-order valence-electron chi connectivity index (χ0n) is 8.84. The van der Waals surface area contributed by atoms with E-state index in [-0.39, 0.29) is 17.0 Å². The molecule has 0 unspecified atom stereocenters. The van der Waals surface area contributed by atoms with E-state index in [0.29, 0.717) is 5.56 Å². The average molecular weight is 216 g/mol. The minimum Gasteiger partial charge on any atom is -0.508 e. The van der Waals surface area contributed by atoms with E-state index in [9.17, 15) is 9.90 Å². The van der Waals surface area contributed by atoms with Crippen LogP contribution in [0.4, 0.5) is 5.69 Å². The maximum Gasteiger partial charge on any atom is 0.274 e. The summed E-state index contributed by atoms with van der Waals surface area (Å²) in [4.78, 5) is 11.6. The molecule has 0 saturated heterocycles. The standard InChI is InChI=1S/C12H12N2O2/c1-14-6-5-10(11(13)12(14)16)8-3-2-4-9(15)7-8/h2-7,15H,13H2,1H3. The number of rotatable bonds is 1. The van der Waals surface area contributed by atoms with Crippen molar-refractivity contribution in [2.75, 3.05) is 5.73 Å². The van der Waals surface area contributed by atoms with Crippen LogP contribution in [0.15, 0.2) is 41.3 Å². The van der Waals surface area contributed by atoms with Crippen molar-refractivity contribution in [2.24, 2.45) is 7.05 Å². The topological polar surface area (TPSA) is 68.2 Å². The molecule has 0 bridgehead atoms. The number of benzene rings is 1. The Bertz CT molecular complexity index is 588. The van der Waals surface area contributed by atoms with Crippen LogP contribution in [0.25, 0.3) is 11.1 Å². The van der Waals surface area contributed by atoms with E-state index < -0.39 is 0 Å². The first-order valence-electron chi connectivity index (χ1n) is 4.84. The molecule has 3 N–H and O–H groups in total. The van der Waals surface area contributed by atoms with E-state index in [1.807, 2.05) is 0 Å². The molecule has 0 aliphatic carbocycles. The van der Waals surface area contributed by atoms with Gasteiger partial charge in [0.1, 0.15) is 11.4 Å². The second-order valence-electron chi connectivity index (χ2n) is 3.61. The Morgan fingerprint density at radius 1 is 1.31 bits per heavy atom. The molecule has 1 heterocycles. The van der Waals surface area contributed by atoms with Gasteiger partial charge in [0.25, 0.3) is 5.56 Å². The number of phenols is 1. The third kappa shape index (κ3) is 1.65. The summed E-state index contributed by atoms with van der Waals surface area (Å²) in [6.45, 7) is 0. The lowest BCUT2D eigenvalue weighted by atomic mass is 10.1. The van der Waals surface area contributed by atoms with Gasteiger partial charge in [-0.25, -0.2) is 0 Å². The van der Waals surface area contributed by atoms with Crippen LogP contribution in [-0.2, 0) is 7.05 Å². The van der Waals surface area contributed by atoms with Crippen molar-refractivity contribution >= 4 is 5.69 Å². The molecule has 0 spiro atoms. The Morgan fingerprint density at radius 2 is 2.06 bits per heavy atom. The molecule has 1 aromatic heterocycles. The number of anilines is 1. The zero-order chi connectivity index (χ0) is 11.7. The van der Waals surface area contributed by atoms with Gasteiger partial charge in [0, 0.05) is 18.8 Å². The lowest BCUT2D eigenvalue weighted by Crippen LogP contribution is -2.20. The van der Waals surface area contributed by atoms with Gasteiger partial charge in [-0.15, -0.1) is 0 Å². The first kappa shape index (κ1) is 10.3. The number of pyridine rings is 1. The number of aromatic nitrogens is 1. The van der Waals surface area contributed by atoms with Gasteiger partial charge >= 0.3 is 0 Å². The number of aryl methyl sites for hydroxylation is 1. The minimum absolute atomic E-state index is 0.151. The fourth-order valence-electron chi connectivity index (χ4n) is 1.57. The van der Waals surface area contributed by atoms with E-state index in [2.05, 4.69) is 0 Å². The molecule has 0 amide bonds. The van der Waals surface area contributed by atoms with Gasteiger partial charge in [-0.05, 0) is 23.8 Å². The molecular weight excluding hydrogens is 204 g/mol. The number of nitrogen functional groups attached to an aromatic ring is 1. The highest BCUT2D eigenvalue weighted by atomic mass is 16.3. The maximum absolute atomic E-state index is 11.6. The van der Waals surface area contributed by atoms with Crippen molar-refractivity contribution in [3.05, 3.63) is 46.9 Å². The molecular formula is C12H12N2O2. The molecule has 4 heteroatoms. The zero-order valence-corrected chi connectivity index (χ0v) is 8.84. The summed E-state index contributed by atoms with van der Waals surface area (Å²) in [6, 6.07) is 8.41. The van der Waals surface area contributed by atoms with Crippen LogP contribution < -0.4 is 11.3 Å². The Labute approximate surface area is 92.6 Å². The number of nitrogens with zero attached hydrogens (tertiary/aromatic N) is 1. The van der Waals surface area contributed by atoms with Crippen molar-refractivity contribution in [3.63, 3.8) is 0 Å². The minimum atomic E-state index is -0.235. The van der Waals surface area contributed by atoms with Crippen molar-refractivity contribution in [2.45, 2.75) is 0 Å². The van der Waals surface area contributed by atoms with Crippen molar-refractivity contribution in [1.29, 1.82) is 0 Å². The first-order valence-corrected chi connectivity index (χ1v) is 4.84. The van der Waals surface area contributed by atoms with Crippen LogP contribution in [0.5, 0.6) is 5.75 Å². The Morgan fingerprint density at radius 3 is 2.75 bits per heavy atom. The van der Waals surface area contributed by atoms with Gasteiger partial charge in [0.05, 0.1) is 0 Å². The Hall–Kier alpha value is -2.23. The summed E-state index contributed by atoms with van der Waals surface area (Å²) < 4.78 is 1.42. The monoisotopic (exact) mass is 216 g/mol. The third-order valence-electron chi connectivity index (χ3n) is 2.46. The van der Waals surface area contributed by atoms with Crippen LogP contribution in [0.1, 0.15) is 0 Å². The van der Waals surface area contributed by atoms with Gasteiger partial charge < -0.3 is 15.4 Å². The summed E-state index contributed by atoms with van der Waals surface area (Å²) in [5.41, 5.74) is 7.08. The molecule has 1 aromatic carbocycles. The summed E-state index contributed by atoms with van der Waals surface area (Å²) in [6.07, 6.45) is 1.65. The second kappa shape index (κ2) is 3.73. The Kier molecular flexibility index (Phi) is 2.40. The summed E-state index contributed by atoms with van der Waals surface area (Å²) in [5, 5.41) is 9.37. The molecule has 0 atom stereocenters. The molecule has 82 valence electrons. The fourth-order valence-corrected chi connectivity index (χ4v) is 1.57. The van der Waals surface area contributed by atoms with Gasteiger partial charge in [-0.1, -0.05) is 12.1 Å². The van der Waals surface area contributed by atoms with Gasteiger partial charge in [0.15, 0.2) is 0 Å². The van der Waals surface area contributed by atoms with Crippen LogP contribution in [0, 0.1) is 0 Å². The number of nitrogens with two attached hydrogens (primary N) is 1. The lowest BCUT2D eigenvalue weighted by molar-refractivity contribution is 0.475. The van der Waals surface area contributed by atoms with Crippen LogP contribution >= 0.6 is 0 Å². The van der Waals surface area contributed by atoms with E-state index in [4.69, 9.17) is 5.73 Å². The normalized spacial score (nSPS) is 10.3. The SMILES string of the molecule is Cn1ccc(-c2cccc(O)c2)c(N)c1=O. The summed E-state index contributed by atoms with van der Waals surface area (Å²) in [7, 11) is 1.64. The molecule has 2 rings (SSSR count). The average Bonchev–Trinajstić information content (AvgIpc) is 2.26. The quantitative estimate of drug-likeness (QED) is 0.755. The van der Waals surface area contributed by atoms with Crippen LogP contribution in [-0.4, -0.2) is 9.67 Å². The fraction of sp³-hybridized carbons (Fsp3) is 0.0833. The van der Waals surface area contributed by atoms with Gasteiger partial charge in [-0.2, -0.15) is 0 Å². The molecule has 0 fully saturated rings. The Balaban J connectivity index is 2.66. The predicted molar refractivity (Wildman–Crippen MR) is 63.2 cm³/mol. The summed E-state index contributed by atoms with van der Waals surface area (Å²) in [5.74, 6) is 0.151. The number of hydrogen-bond donors (Lipinski definition) is 2. The van der Waals surface area contributed by atoms with Gasteiger partial charge in [-0.3, -0.25) is 4.79 Å². The van der Waals surface area contributed by atoms with Crippen molar-refractivity contribution in [3.8, 4) is 16.9 Å². The summed E-state index contributed by atoms with van der Waals surface area (Å²) >= 11 is 0. The number of hydrogen-bond acceptors (Lipinski definition) is 3. The second-order valence-corrected chi connectivity index (χ2v) is 3.61. The van der Waals surface area contributed by atoms with E-state index >= 15 is 0 Å². The van der Waals surface area contributed by atoms with Crippen LogP contribution in [0.3, 0.4) is 0 Å². The van der Waals surface area contributed by atoms with Crippen LogP contribution in [0.2, 0.25) is 0 Å². The van der Waals surface area contributed by atoms with E-state index in [0.717, 1.165) is 5.56 Å². The number of phenolic OH excluding ortho intramolecular Hbond substituents is 1. The van der Waals surface area contributed by atoms with E-state index in [1.54, 1.807) is 43.6 Å². The third-order valence-corrected chi connectivity index (χ3v) is 2.46. The highest BCUT2D eigenvalue weighted by Gasteiger charge is 2.07. The lowest BCUT2D eigenvalue weighted by Gasteiger charge is -2.07. The highest BCUT2D eigenvalue weighted by Crippen LogP contribution is 2.25.